The van der Waals surface area contributed by atoms with Gasteiger partial charge in [-0.15, -0.1) is 0 Å². The highest BCUT2D eigenvalue weighted by molar-refractivity contribution is 9.10. The van der Waals surface area contributed by atoms with Crippen molar-refractivity contribution in [2.24, 2.45) is 12.9 Å². The fourth-order valence-corrected chi connectivity index (χ4v) is 2.57. The van der Waals surface area contributed by atoms with Crippen LogP contribution in [0.4, 0.5) is 0 Å². The maximum absolute atomic E-state index is 5.65. The molecule has 0 spiro atoms. The Labute approximate surface area is 116 Å². The van der Waals surface area contributed by atoms with Gasteiger partial charge < -0.3 is 0 Å². The Hall–Kier alpha value is -0.690. The summed E-state index contributed by atoms with van der Waals surface area (Å²) in [5.41, 5.74) is 4.89. The zero-order valence-corrected chi connectivity index (χ0v) is 12.4. The number of nitrogens with zero attached hydrogens (tertiary/aromatic N) is 2. The minimum atomic E-state index is -0.0926. The van der Waals surface area contributed by atoms with Crippen molar-refractivity contribution in [1.82, 2.24) is 15.2 Å². The Kier molecular flexibility index (Phi) is 3.98. The molecule has 0 saturated heterocycles. The van der Waals surface area contributed by atoms with Crippen LogP contribution in [0.3, 0.4) is 0 Å². The van der Waals surface area contributed by atoms with Gasteiger partial charge in [0.2, 0.25) is 0 Å². The summed E-state index contributed by atoms with van der Waals surface area (Å²) < 4.78 is 3.78. The summed E-state index contributed by atoms with van der Waals surface area (Å²) in [6.07, 6.45) is 1.76. The number of aryl methyl sites for hydroxylation is 1. The van der Waals surface area contributed by atoms with Crippen LogP contribution < -0.4 is 11.3 Å². The molecule has 2 aromatic rings. The number of aromatic nitrogens is 2. The number of hydrazine groups is 1. The van der Waals surface area contributed by atoms with Crippen molar-refractivity contribution in [3.63, 3.8) is 0 Å². The molecule has 0 amide bonds. The third-order valence-corrected chi connectivity index (χ3v) is 3.72. The van der Waals surface area contributed by atoms with Gasteiger partial charge in [-0.25, -0.2) is 5.43 Å². The minimum Gasteiger partial charge on any atom is -0.271 e. The van der Waals surface area contributed by atoms with Crippen molar-refractivity contribution in [3.8, 4) is 0 Å². The molecule has 1 unspecified atom stereocenters. The predicted octanol–water partition coefficient (Wildman–Crippen LogP) is 2.50. The van der Waals surface area contributed by atoms with Gasteiger partial charge in [-0.2, -0.15) is 5.10 Å². The number of hydrogen-bond acceptors (Lipinski definition) is 3. The van der Waals surface area contributed by atoms with Crippen molar-refractivity contribution in [2.75, 3.05) is 0 Å². The molecule has 0 saturated carbocycles. The summed E-state index contributed by atoms with van der Waals surface area (Å²) in [7, 11) is 1.89. The number of benzene rings is 1. The average molecular weight is 360 g/mol. The number of nitrogens with one attached hydrogen (secondary N) is 1. The normalized spacial score (nSPS) is 12.7. The highest BCUT2D eigenvalue weighted by Crippen LogP contribution is 2.28. The molecule has 0 aliphatic carbocycles. The fraction of sp³-hybridized carbons (Fsp3) is 0.182. The first kappa shape index (κ1) is 12.8. The van der Waals surface area contributed by atoms with Crippen LogP contribution in [-0.4, -0.2) is 9.78 Å². The summed E-state index contributed by atoms with van der Waals surface area (Å²) >= 11 is 6.90. The second-order valence-electron chi connectivity index (χ2n) is 3.65. The van der Waals surface area contributed by atoms with E-state index in [1.807, 2.05) is 31.3 Å². The van der Waals surface area contributed by atoms with Crippen LogP contribution in [0.1, 0.15) is 17.3 Å². The van der Waals surface area contributed by atoms with Gasteiger partial charge in [-0.3, -0.25) is 10.5 Å². The van der Waals surface area contributed by atoms with Crippen molar-refractivity contribution in [1.29, 1.82) is 0 Å². The lowest BCUT2D eigenvalue weighted by Crippen LogP contribution is -2.30. The first-order chi connectivity index (χ1) is 8.13. The molecule has 17 heavy (non-hydrogen) atoms. The van der Waals surface area contributed by atoms with E-state index in [0.29, 0.717) is 0 Å². The molecule has 1 aromatic carbocycles. The van der Waals surface area contributed by atoms with E-state index in [1.165, 1.54) is 0 Å². The van der Waals surface area contributed by atoms with Gasteiger partial charge in [-0.1, -0.05) is 28.1 Å². The van der Waals surface area contributed by atoms with Crippen LogP contribution in [0.2, 0.25) is 0 Å². The van der Waals surface area contributed by atoms with E-state index in [1.54, 1.807) is 10.9 Å². The smallest absolute Gasteiger partial charge is 0.0889 e. The summed E-state index contributed by atoms with van der Waals surface area (Å²) in [5, 5.41) is 4.19. The lowest BCUT2D eigenvalue weighted by atomic mass is 10.0. The quantitative estimate of drug-likeness (QED) is 0.654. The summed E-state index contributed by atoms with van der Waals surface area (Å²) in [4.78, 5) is 0. The average Bonchev–Trinajstić information content (AvgIpc) is 2.64. The van der Waals surface area contributed by atoms with Crippen LogP contribution >= 0.6 is 31.9 Å². The Morgan fingerprint density at radius 1 is 1.29 bits per heavy atom. The maximum atomic E-state index is 5.65. The molecule has 3 N–H and O–H groups in total. The maximum Gasteiger partial charge on any atom is 0.0889 e. The van der Waals surface area contributed by atoms with E-state index < -0.39 is 0 Å². The number of nitrogens with two attached hydrogens (primary N) is 1. The molecule has 0 bridgehead atoms. The molecule has 1 atom stereocenters. The monoisotopic (exact) mass is 358 g/mol. The fourth-order valence-electron chi connectivity index (χ4n) is 1.73. The first-order valence-corrected chi connectivity index (χ1v) is 6.61. The van der Waals surface area contributed by atoms with Crippen LogP contribution in [-0.2, 0) is 7.05 Å². The summed E-state index contributed by atoms with van der Waals surface area (Å²) in [5.74, 6) is 5.65. The minimum absolute atomic E-state index is 0.0926. The second kappa shape index (κ2) is 5.30. The van der Waals surface area contributed by atoms with Gasteiger partial charge in [-0.05, 0) is 33.6 Å². The second-order valence-corrected chi connectivity index (χ2v) is 5.42. The SMILES string of the molecule is Cn1ncc(Br)c1C(NN)c1ccc(Br)cc1. The third kappa shape index (κ3) is 2.60. The van der Waals surface area contributed by atoms with Gasteiger partial charge in [0, 0.05) is 11.5 Å². The summed E-state index contributed by atoms with van der Waals surface area (Å²) in [6.45, 7) is 0. The first-order valence-electron chi connectivity index (χ1n) is 5.02. The van der Waals surface area contributed by atoms with Gasteiger partial charge in [0.1, 0.15) is 0 Å². The molecule has 1 heterocycles. The zero-order valence-electron chi connectivity index (χ0n) is 9.19. The number of hydrogen-bond donors (Lipinski definition) is 2. The molecular weight excluding hydrogens is 348 g/mol. The van der Waals surface area contributed by atoms with Crippen molar-refractivity contribution in [3.05, 3.63) is 50.7 Å². The molecular formula is C11H12Br2N4. The topological polar surface area (TPSA) is 55.9 Å². The zero-order chi connectivity index (χ0) is 12.4. The predicted molar refractivity (Wildman–Crippen MR) is 74.2 cm³/mol. The summed E-state index contributed by atoms with van der Waals surface area (Å²) in [6, 6.07) is 7.93. The van der Waals surface area contributed by atoms with Crippen molar-refractivity contribution in [2.45, 2.75) is 6.04 Å². The van der Waals surface area contributed by atoms with E-state index in [9.17, 15) is 0 Å². The Morgan fingerprint density at radius 2 is 1.94 bits per heavy atom. The van der Waals surface area contributed by atoms with Gasteiger partial charge in [0.15, 0.2) is 0 Å². The third-order valence-electron chi connectivity index (χ3n) is 2.58. The Morgan fingerprint density at radius 3 is 2.41 bits per heavy atom. The highest BCUT2D eigenvalue weighted by Gasteiger charge is 2.19. The van der Waals surface area contributed by atoms with Crippen LogP contribution in [0.15, 0.2) is 39.4 Å². The van der Waals surface area contributed by atoms with E-state index in [-0.39, 0.29) is 6.04 Å². The van der Waals surface area contributed by atoms with E-state index in [2.05, 4.69) is 42.4 Å². The van der Waals surface area contributed by atoms with Crippen molar-refractivity contribution < 1.29 is 0 Å². The van der Waals surface area contributed by atoms with Gasteiger partial charge >= 0.3 is 0 Å². The number of halogens is 2. The molecule has 6 heteroatoms. The highest BCUT2D eigenvalue weighted by atomic mass is 79.9. The molecule has 0 fully saturated rings. The standard InChI is InChI=1S/C11H12Br2N4/c1-17-11(9(13)6-15-17)10(16-14)7-2-4-8(12)5-3-7/h2-6,10,16H,14H2,1H3. The lowest BCUT2D eigenvalue weighted by Gasteiger charge is -2.17. The van der Waals surface area contributed by atoms with Gasteiger partial charge in [0.25, 0.3) is 0 Å². The van der Waals surface area contributed by atoms with E-state index in [4.69, 9.17) is 5.84 Å². The molecule has 0 aliphatic rings. The molecule has 90 valence electrons. The van der Waals surface area contributed by atoms with Crippen molar-refractivity contribution >= 4 is 31.9 Å². The van der Waals surface area contributed by atoms with Crippen LogP contribution in [0.25, 0.3) is 0 Å². The Bertz CT molecular complexity index is 487. The Balaban J connectivity index is 2.43. The molecule has 0 aliphatic heterocycles. The molecule has 2 rings (SSSR count). The number of rotatable bonds is 3. The molecule has 1 aromatic heterocycles. The van der Waals surface area contributed by atoms with E-state index >= 15 is 0 Å². The molecule has 4 nitrogen and oxygen atoms in total. The van der Waals surface area contributed by atoms with E-state index in [0.717, 1.165) is 20.2 Å². The lowest BCUT2D eigenvalue weighted by molar-refractivity contribution is 0.573. The van der Waals surface area contributed by atoms with Crippen LogP contribution in [0, 0.1) is 0 Å². The van der Waals surface area contributed by atoms with Gasteiger partial charge in [0.05, 0.1) is 22.4 Å². The largest absolute Gasteiger partial charge is 0.271 e. The molecule has 0 radical (unpaired) electrons. The van der Waals surface area contributed by atoms with Crippen LogP contribution in [0.5, 0.6) is 0 Å².